The SMILES string of the molecule is CCCCCCCC(CCC)C(OC(=O)Cl)c1ccccc1. The fraction of sp³-hybridized carbons (Fsp3) is 0.632. The van der Waals surface area contributed by atoms with E-state index < -0.39 is 5.43 Å². The lowest BCUT2D eigenvalue weighted by molar-refractivity contribution is 0.0709. The first-order valence-electron chi connectivity index (χ1n) is 8.60. The normalized spacial score (nSPS) is 13.6. The quantitative estimate of drug-likeness (QED) is 0.327. The van der Waals surface area contributed by atoms with E-state index in [1.165, 1.54) is 32.1 Å². The fourth-order valence-electron chi connectivity index (χ4n) is 3.01. The van der Waals surface area contributed by atoms with E-state index >= 15 is 0 Å². The molecule has 2 atom stereocenters. The number of carbonyl (C=O) groups is 1. The smallest absolute Gasteiger partial charge is 0.404 e. The second kappa shape index (κ2) is 11.5. The molecule has 3 heteroatoms. The second-order valence-electron chi connectivity index (χ2n) is 5.94. The summed E-state index contributed by atoms with van der Waals surface area (Å²) < 4.78 is 5.46. The van der Waals surface area contributed by atoms with Gasteiger partial charge in [0.1, 0.15) is 6.10 Å². The van der Waals surface area contributed by atoms with E-state index in [0.29, 0.717) is 5.92 Å². The number of carbonyl (C=O) groups excluding carboxylic acids is 1. The van der Waals surface area contributed by atoms with Gasteiger partial charge in [0.25, 0.3) is 0 Å². The van der Waals surface area contributed by atoms with Gasteiger partial charge >= 0.3 is 5.43 Å². The molecule has 0 radical (unpaired) electrons. The van der Waals surface area contributed by atoms with Crippen LogP contribution in [-0.2, 0) is 4.74 Å². The van der Waals surface area contributed by atoms with Crippen molar-refractivity contribution in [3.05, 3.63) is 35.9 Å². The van der Waals surface area contributed by atoms with Gasteiger partial charge in [-0.15, -0.1) is 0 Å². The van der Waals surface area contributed by atoms with Crippen molar-refractivity contribution in [1.29, 1.82) is 0 Å². The minimum Gasteiger partial charge on any atom is -0.445 e. The van der Waals surface area contributed by atoms with E-state index in [2.05, 4.69) is 13.8 Å². The van der Waals surface area contributed by atoms with E-state index in [-0.39, 0.29) is 6.10 Å². The topological polar surface area (TPSA) is 26.3 Å². The first kappa shape index (κ1) is 19.0. The molecule has 0 aliphatic heterocycles. The van der Waals surface area contributed by atoms with Crippen LogP contribution in [-0.4, -0.2) is 5.43 Å². The van der Waals surface area contributed by atoms with Crippen LogP contribution in [0.15, 0.2) is 30.3 Å². The number of benzene rings is 1. The van der Waals surface area contributed by atoms with Crippen LogP contribution in [0.25, 0.3) is 0 Å². The standard InChI is InChI=1S/C19H29ClO2/c1-3-5-6-7-9-13-16(12-4-2)18(22-19(20)21)17-14-10-8-11-15-17/h8,10-11,14-16,18H,3-7,9,12-13H2,1-2H3. The maximum absolute atomic E-state index is 11.3. The molecule has 124 valence electrons. The fourth-order valence-corrected chi connectivity index (χ4v) is 3.10. The molecule has 0 bridgehead atoms. The molecule has 0 aliphatic rings. The molecule has 0 aromatic heterocycles. The van der Waals surface area contributed by atoms with Gasteiger partial charge in [0.2, 0.25) is 0 Å². The summed E-state index contributed by atoms with van der Waals surface area (Å²) in [5.41, 5.74) is 0.337. The van der Waals surface area contributed by atoms with Crippen LogP contribution in [0.2, 0.25) is 0 Å². The molecule has 0 saturated carbocycles. The molecule has 0 fully saturated rings. The van der Waals surface area contributed by atoms with Crippen LogP contribution in [0.1, 0.15) is 76.9 Å². The molecular formula is C19H29ClO2. The molecule has 2 unspecified atom stereocenters. The average Bonchev–Trinajstić information content (AvgIpc) is 2.52. The van der Waals surface area contributed by atoms with Crippen molar-refractivity contribution in [3.63, 3.8) is 0 Å². The number of hydrogen-bond donors (Lipinski definition) is 0. The maximum Gasteiger partial charge on any atom is 0.404 e. The molecule has 2 nitrogen and oxygen atoms in total. The molecule has 22 heavy (non-hydrogen) atoms. The number of ether oxygens (including phenoxy) is 1. The van der Waals surface area contributed by atoms with Gasteiger partial charge < -0.3 is 4.74 Å². The van der Waals surface area contributed by atoms with E-state index in [9.17, 15) is 4.79 Å². The van der Waals surface area contributed by atoms with Crippen LogP contribution in [0, 0.1) is 5.92 Å². The molecule has 1 aromatic rings. The third-order valence-corrected chi connectivity index (χ3v) is 4.20. The van der Waals surface area contributed by atoms with E-state index in [0.717, 1.165) is 24.8 Å². The number of unbranched alkanes of at least 4 members (excludes halogenated alkanes) is 4. The number of rotatable bonds is 11. The predicted molar refractivity (Wildman–Crippen MR) is 93.3 cm³/mol. The zero-order chi connectivity index (χ0) is 16.2. The molecular weight excluding hydrogens is 296 g/mol. The molecule has 1 aromatic carbocycles. The van der Waals surface area contributed by atoms with Crippen molar-refractivity contribution in [2.24, 2.45) is 5.92 Å². The highest BCUT2D eigenvalue weighted by Crippen LogP contribution is 2.34. The molecule has 0 heterocycles. The summed E-state index contributed by atoms with van der Waals surface area (Å²) in [5, 5.41) is 0. The highest BCUT2D eigenvalue weighted by atomic mass is 35.5. The molecule has 0 aliphatic carbocycles. The minimum atomic E-state index is -0.707. The highest BCUT2D eigenvalue weighted by Gasteiger charge is 2.25. The average molecular weight is 325 g/mol. The first-order valence-corrected chi connectivity index (χ1v) is 8.97. The van der Waals surface area contributed by atoms with Crippen LogP contribution in [0.5, 0.6) is 0 Å². The molecule has 0 N–H and O–H groups in total. The van der Waals surface area contributed by atoms with E-state index in [1.54, 1.807) is 0 Å². The lowest BCUT2D eigenvalue weighted by atomic mass is 9.87. The van der Waals surface area contributed by atoms with Gasteiger partial charge in [-0.2, -0.15) is 0 Å². The van der Waals surface area contributed by atoms with Crippen molar-refractivity contribution in [2.45, 2.75) is 71.3 Å². The molecule has 0 spiro atoms. The van der Waals surface area contributed by atoms with Crippen LogP contribution in [0.4, 0.5) is 4.79 Å². The van der Waals surface area contributed by atoms with Crippen LogP contribution in [0.3, 0.4) is 0 Å². The Hall–Kier alpha value is -1.02. The molecule has 0 saturated heterocycles. The number of hydrogen-bond acceptors (Lipinski definition) is 2. The summed E-state index contributed by atoms with van der Waals surface area (Å²) in [6, 6.07) is 9.97. The maximum atomic E-state index is 11.3. The lowest BCUT2D eigenvalue weighted by Gasteiger charge is -2.26. The van der Waals surface area contributed by atoms with E-state index in [4.69, 9.17) is 16.3 Å². The minimum absolute atomic E-state index is 0.225. The predicted octanol–water partition coefficient (Wildman–Crippen LogP) is 6.88. The lowest BCUT2D eigenvalue weighted by Crippen LogP contribution is -2.18. The van der Waals surface area contributed by atoms with Gasteiger partial charge in [-0.05, 0) is 18.4 Å². The van der Waals surface area contributed by atoms with Crippen molar-refractivity contribution in [1.82, 2.24) is 0 Å². The van der Waals surface area contributed by atoms with Crippen LogP contribution >= 0.6 is 11.6 Å². The Morgan fingerprint density at radius 1 is 1.00 bits per heavy atom. The monoisotopic (exact) mass is 324 g/mol. The third-order valence-electron chi connectivity index (χ3n) is 4.11. The Balaban J connectivity index is 2.70. The largest absolute Gasteiger partial charge is 0.445 e. The number of halogens is 1. The van der Waals surface area contributed by atoms with E-state index in [1.807, 2.05) is 30.3 Å². The Bertz CT molecular complexity index is 405. The van der Waals surface area contributed by atoms with Crippen LogP contribution < -0.4 is 0 Å². The zero-order valence-corrected chi connectivity index (χ0v) is 14.6. The van der Waals surface area contributed by atoms with Gasteiger partial charge in [0, 0.05) is 17.5 Å². The summed E-state index contributed by atoms with van der Waals surface area (Å²) in [4.78, 5) is 11.3. The summed E-state index contributed by atoms with van der Waals surface area (Å²) in [6.07, 6.45) is 9.30. The Morgan fingerprint density at radius 2 is 1.68 bits per heavy atom. The van der Waals surface area contributed by atoms with Crippen molar-refractivity contribution in [2.75, 3.05) is 0 Å². The Morgan fingerprint density at radius 3 is 2.27 bits per heavy atom. The third kappa shape index (κ3) is 7.31. The van der Waals surface area contributed by atoms with Crippen molar-refractivity contribution < 1.29 is 9.53 Å². The zero-order valence-electron chi connectivity index (χ0n) is 13.9. The highest BCUT2D eigenvalue weighted by molar-refractivity contribution is 6.61. The van der Waals surface area contributed by atoms with Gasteiger partial charge in [0.05, 0.1) is 0 Å². The van der Waals surface area contributed by atoms with Gasteiger partial charge in [-0.25, -0.2) is 4.79 Å². The van der Waals surface area contributed by atoms with Gasteiger partial charge in [0.15, 0.2) is 0 Å². The summed E-state index contributed by atoms with van der Waals surface area (Å²) in [5.74, 6) is 0.344. The van der Waals surface area contributed by atoms with Crippen molar-refractivity contribution in [3.8, 4) is 0 Å². The van der Waals surface area contributed by atoms with Gasteiger partial charge in [-0.1, -0.05) is 82.7 Å². The summed E-state index contributed by atoms with van der Waals surface area (Å²) in [7, 11) is 0. The summed E-state index contributed by atoms with van der Waals surface area (Å²) >= 11 is 5.51. The Kier molecular flexibility index (Phi) is 9.98. The summed E-state index contributed by atoms with van der Waals surface area (Å²) in [6.45, 7) is 4.40. The first-order chi connectivity index (χ1) is 10.7. The molecule has 0 amide bonds. The second-order valence-corrected chi connectivity index (χ2v) is 6.25. The molecule has 1 rings (SSSR count). The Labute approximate surface area is 140 Å². The van der Waals surface area contributed by atoms with Crippen molar-refractivity contribution >= 4 is 17.0 Å². The van der Waals surface area contributed by atoms with Gasteiger partial charge in [-0.3, -0.25) is 0 Å².